The van der Waals surface area contributed by atoms with Crippen LogP contribution in [0.15, 0.2) is 18.2 Å². The molecule has 1 fully saturated rings. The Labute approximate surface area is 155 Å². The van der Waals surface area contributed by atoms with Gasteiger partial charge in [0.15, 0.2) is 0 Å². The van der Waals surface area contributed by atoms with Gasteiger partial charge in [-0.3, -0.25) is 4.79 Å². The molecule has 1 saturated carbocycles. The van der Waals surface area contributed by atoms with Crippen LogP contribution in [0.2, 0.25) is 0 Å². The highest BCUT2D eigenvalue weighted by Crippen LogP contribution is 2.41. The summed E-state index contributed by atoms with van der Waals surface area (Å²) in [7, 11) is 1.51. The van der Waals surface area contributed by atoms with Gasteiger partial charge in [0.05, 0.1) is 24.9 Å². The molecule has 3 rings (SSSR count). The number of rotatable bonds is 7. The predicted molar refractivity (Wildman–Crippen MR) is 95.8 cm³/mol. The van der Waals surface area contributed by atoms with Crippen LogP contribution in [0, 0.1) is 11.7 Å². The molecule has 140 valence electrons. The van der Waals surface area contributed by atoms with Crippen LogP contribution >= 0.6 is 11.5 Å². The summed E-state index contributed by atoms with van der Waals surface area (Å²) in [6.45, 7) is 2.01. The number of benzene rings is 1. The topological polar surface area (TPSA) is 84.3 Å². The molecule has 1 heterocycles. The smallest absolute Gasteiger partial charge is 0.265 e. The lowest BCUT2D eigenvalue weighted by Gasteiger charge is -2.38. The van der Waals surface area contributed by atoms with E-state index in [1.807, 2.05) is 6.92 Å². The molecule has 26 heavy (non-hydrogen) atoms. The van der Waals surface area contributed by atoms with Crippen molar-refractivity contribution in [2.75, 3.05) is 7.11 Å². The Morgan fingerprint density at radius 2 is 2.27 bits per heavy atom. The fourth-order valence-electron chi connectivity index (χ4n) is 3.29. The molecule has 1 unspecified atom stereocenters. The van der Waals surface area contributed by atoms with E-state index in [1.165, 1.54) is 19.2 Å². The van der Waals surface area contributed by atoms with Gasteiger partial charge in [-0.05, 0) is 54.9 Å². The largest absolute Gasteiger partial charge is 0.496 e. The Morgan fingerprint density at radius 3 is 2.92 bits per heavy atom. The molecule has 0 radical (unpaired) electrons. The highest BCUT2D eigenvalue weighted by molar-refractivity contribution is 7.08. The average Bonchev–Trinajstić information content (AvgIpc) is 3.06. The maximum atomic E-state index is 13.8. The van der Waals surface area contributed by atoms with Gasteiger partial charge >= 0.3 is 0 Å². The van der Waals surface area contributed by atoms with Crippen LogP contribution in [0.4, 0.5) is 4.39 Å². The van der Waals surface area contributed by atoms with Gasteiger partial charge in [-0.15, -0.1) is 5.10 Å². The predicted octanol–water partition coefficient (Wildman–Crippen LogP) is 2.88. The number of carbonyl (C=O) groups excluding carboxylic acids is 1. The zero-order valence-electron chi connectivity index (χ0n) is 14.7. The lowest BCUT2D eigenvalue weighted by molar-refractivity contribution is 0.0231. The number of halogens is 1. The second-order valence-electron chi connectivity index (χ2n) is 6.52. The molecule has 1 aromatic carbocycles. The van der Waals surface area contributed by atoms with Gasteiger partial charge in [0.25, 0.3) is 5.91 Å². The van der Waals surface area contributed by atoms with Gasteiger partial charge < -0.3 is 15.2 Å². The van der Waals surface area contributed by atoms with Crippen molar-refractivity contribution in [1.29, 1.82) is 0 Å². The monoisotopic (exact) mass is 379 g/mol. The van der Waals surface area contributed by atoms with Crippen LogP contribution in [0.5, 0.6) is 5.75 Å². The first-order valence-corrected chi connectivity index (χ1v) is 9.44. The second-order valence-corrected chi connectivity index (χ2v) is 7.28. The van der Waals surface area contributed by atoms with E-state index in [-0.39, 0.29) is 17.9 Å². The summed E-state index contributed by atoms with van der Waals surface area (Å²) in [4.78, 5) is 13.3. The van der Waals surface area contributed by atoms with E-state index in [4.69, 9.17) is 4.74 Å². The third-order valence-electron chi connectivity index (χ3n) is 4.68. The summed E-state index contributed by atoms with van der Waals surface area (Å²) in [6, 6.07) is 3.80. The highest BCUT2D eigenvalue weighted by Gasteiger charge is 2.37. The van der Waals surface area contributed by atoms with E-state index < -0.39 is 11.9 Å². The SMILES string of the molecule is CCCc1nnsc1C(=O)NC(c1cc(F)ccc1OC)C1CC(O)C1. The molecule has 2 N–H and O–H groups in total. The molecule has 0 bridgehead atoms. The molecule has 1 atom stereocenters. The van der Waals surface area contributed by atoms with Crippen LogP contribution < -0.4 is 10.1 Å². The number of aromatic nitrogens is 2. The van der Waals surface area contributed by atoms with Crippen molar-refractivity contribution >= 4 is 17.4 Å². The van der Waals surface area contributed by atoms with Gasteiger partial charge in [-0.2, -0.15) is 0 Å². The van der Waals surface area contributed by atoms with Crippen LogP contribution in [0.1, 0.15) is 53.2 Å². The van der Waals surface area contributed by atoms with E-state index in [0.717, 1.165) is 18.0 Å². The second kappa shape index (κ2) is 8.09. The van der Waals surface area contributed by atoms with Crippen molar-refractivity contribution < 1.29 is 19.0 Å². The number of hydrogen-bond donors (Lipinski definition) is 2. The van der Waals surface area contributed by atoms with Crippen LogP contribution in [0.3, 0.4) is 0 Å². The summed E-state index contributed by atoms with van der Waals surface area (Å²) in [5.41, 5.74) is 1.25. The minimum Gasteiger partial charge on any atom is -0.496 e. The maximum absolute atomic E-state index is 13.8. The maximum Gasteiger partial charge on any atom is 0.265 e. The van der Waals surface area contributed by atoms with E-state index in [9.17, 15) is 14.3 Å². The number of carbonyl (C=O) groups is 1. The summed E-state index contributed by atoms with van der Waals surface area (Å²) in [5.74, 6) is -0.151. The fraction of sp³-hybridized carbons (Fsp3) is 0.500. The molecule has 1 aliphatic rings. The fourth-order valence-corrected chi connectivity index (χ4v) is 3.90. The summed E-state index contributed by atoms with van der Waals surface area (Å²) >= 11 is 1.06. The molecule has 0 saturated heterocycles. The number of nitrogens with zero attached hydrogens (tertiary/aromatic N) is 2. The minimum atomic E-state index is -0.451. The zero-order chi connectivity index (χ0) is 18.7. The lowest BCUT2D eigenvalue weighted by atomic mass is 9.74. The Hall–Kier alpha value is -2.06. The third kappa shape index (κ3) is 3.86. The van der Waals surface area contributed by atoms with Gasteiger partial charge in [-0.25, -0.2) is 4.39 Å². The Bertz CT molecular complexity index is 777. The van der Waals surface area contributed by atoms with Crippen LogP contribution in [-0.4, -0.2) is 33.8 Å². The number of aliphatic hydroxyl groups is 1. The van der Waals surface area contributed by atoms with Crippen LogP contribution in [-0.2, 0) is 6.42 Å². The Morgan fingerprint density at radius 1 is 1.50 bits per heavy atom. The molecule has 8 heteroatoms. The van der Waals surface area contributed by atoms with Gasteiger partial charge in [-0.1, -0.05) is 17.8 Å². The lowest BCUT2D eigenvalue weighted by Crippen LogP contribution is -2.41. The first-order chi connectivity index (χ1) is 12.5. The van der Waals surface area contributed by atoms with E-state index in [2.05, 4.69) is 14.9 Å². The first-order valence-electron chi connectivity index (χ1n) is 8.67. The average molecular weight is 379 g/mol. The molecular formula is C18H22FN3O3S. The quantitative estimate of drug-likeness (QED) is 0.773. The van der Waals surface area contributed by atoms with Crippen molar-refractivity contribution in [3.05, 3.63) is 40.2 Å². The molecule has 1 amide bonds. The number of amides is 1. The molecule has 6 nitrogen and oxygen atoms in total. The number of hydrogen-bond acceptors (Lipinski definition) is 6. The normalized spacial score (nSPS) is 20.3. The molecule has 1 aromatic heterocycles. The third-order valence-corrected chi connectivity index (χ3v) is 5.45. The Kier molecular flexibility index (Phi) is 5.83. The van der Waals surface area contributed by atoms with Gasteiger partial charge in [0.1, 0.15) is 16.4 Å². The van der Waals surface area contributed by atoms with Crippen molar-refractivity contribution in [3.8, 4) is 5.75 Å². The van der Waals surface area contributed by atoms with Crippen molar-refractivity contribution in [2.45, 2.75) is 44.8 Å². The number of aryl methyl sites for hydroxylation is 1. The van der Waals surface area contributed by atoms with E-state index >= 15 is 0 Å². The molecule has 0 aliphatic heterocycles. The minimum absolute atomic E-state index is 0.0140. The number of nitrogens with one attached hydrogen (secondary N) is 1. The summed E-state index contributed by atoms with van der Waals surface area (Å²) in [5, 5.41) is 16.7. The molecule has 2 aromatic rings. The highest BCUT2D eigenvalue weighted by atomic mass is 32.1. The molecular weight excluding hydrogens is 357 g/mol. The molecule has 1 aliphatic carbocycles. The number of aliphatic hydroxyl groups excluding tert-OH is 1. The van der Waals surface area contributed by atoms with Crippen molar-refractivity contribution in [2.24, 2.45) is 5.92 Å². The standard InChI is InChI=1S/C18H22FN3O3S/c1-3-4-14-17(26-22-21-14)18(24)20-16(10-7-12(23)8-10)13-9-11(19)5-6-15(13)25-2/h5-6,9-10,12,16,23H,3-4,7-8H2,1-2H3,(H,20,24). The molecule has 0 spiro atoms. The van der Waals surface area contributed by atoms with Crippen LogP contribution in [0.25, 0.3) is 0 Å². The van der Waals surface area contributed by atoms with Crippen molar-refractivity contribution in [1.82, 2.24) is 14.9 Å². The van der Waals surface area contributed by atoms with Gasteiger partial charge in [0.2, 0.25) is 0 Å². The number of ether oxygens (including phenoxy) is 1. The Balaban J connectivity index is 1.89. The zero-order valence-corrected chi connectivity index (χ0v) is 15.6. The van der Waals surface area contributed by atoms with Gasteiger partial charge in [0, 0.05) is 5.56 Å². The van der Waals surface area contributed by atoms with Crippen molar-refractivity contribution in [3.63, 3.8) is 0 Å². The summed E-state index contributed by atoms with van der Waals surface area (Å²) < 4.78 is 23.1. The first kappa shape index (κ1) is 18.7. The van der Waals surface area contributed by atoms with E-state index in [0.29, 0.717) is 41.1 Å². The summed E-state index contributed by atoms with van der Waals surface area (Å²) in [6.07, 6.45) is 2.25. The number of methoxy groups -OCH3 is 1. The van der Waals surface area contributed by atoms with E-state index in [1.54, 1.807) is 6.07 Å².